The summed E-state index contributed by atoms with van der Waals surface area (Å²) < 4.78 is 2.30. The fourth-order valence-corrected chi connectivity index (χ4v) is 2.80. The maximum atomic E-state index is 4.38. The molecule has 1 N–H and O–H groups in total. The Hall–Kier alpha value is -1.25. The van der Waals surface area contributed by atoms with Crippen molar-refractivity contribution in [3.63, 3.8) is 0 Å². The van der Waals surface area contributed by atoms with Crippen molar-refractivity contribution < 1.29 is 0 Å². The molecule has 0 aliphatic heterocycles. The number of aromatic nitrogens is 2. The molecule has 1 fully saturated rings. The molecule has 1 atom stereocenters. The van der Waals surface area contributed by atoms with Crippen LogP contribution >= 0.6 is 0 Å². The number of hydrogen-bond donors (Lipinski definition) is 1. The third kappa shape index (κ3) is 2.90. The van der Waals surface area contributed by atoms with Crippen LogP contribution in [-0.4, -0.2) is 16.1 Å². The molecule has 17 heavy (non-hydrogen) atoms. The van der Waals surface area contributed by atoms with E-state index in [1.165, 1.54) is 25.7 Å². The van der Waals surface area contributed by atoms with Gasteiger partial charge >= 0.3 is 0 Å². The van der Waals surface area contributed by atoms with E-state index in [4.69, 9.17) is 0 Å². The average Bonchev–Trinajstić information content (AvgIpc) is 2.73. The van der Waals surface area contributed by atoms with E-state index in [0.717, 1.165) is 12.5 Å². The molecule has 0 saturated heterocycles. The summed E-state index contributed by atoms with van der Waals surface area (Å²) in [5.41, 5.74) is 0.461. The van der Waals surface area contributed by atoms with Gasteiger partial charge in [-0.2, -0.15) is 0 Å². The molecule has 3 heteroatoms. The molecule has 1 saturated carbocycles. The first-order valence-electron chi connectivity index (χ1n) is 6.50. The highest BCUT2D eigenvalue weighted by Crippen LogP contribution is 2.41. The lowest BCUT2D eigenvalue weighted by Gasteiger charge is -2.36. The van der Waals surface area contributed by atoms with Gasteiger partial charge in [-0.1, -0.05) is 26.3 Å². The first-order chi connectivity index (χ1) is 8.12. The van der Waals surface area contributed by atoms with E-state index in [-0.39, 0.29) is 0 Å². The van der Waals surface area contributed by atoms with Crippen LogP contribution in [0.2, 0.25) is 0 Å². The van der Waals surface area contributed by atoms with Crippen molar-refractivity contribution in [3.05, 3.63) is 25.0 Å². The van der Waals surface area contributed by atoms with Crippen molar-refractivity contribution in [2.75, 3.05) is 11.9 Å². The fraction of sp³-hybridized carbons (Fsp3) is 0.643. The van der Waals surface area contributed by atoms with Crippen molar-refractivity contribution >= 4 is 5.95 Å². The second kappa shape index (κ2) is 4.94. The van der Waals surface area contributed by atoms with Gasteiger partial charge in [-0.3, -0.25) is 0 Å². The molecule has 1 aliphatic carbocycles. The zero-order chi connectivity index (χ0) is 12.3. The van der Waals surface area contributed by atoms with Gasteiger partial charge in [-0.05, 0) is 24.7 Å². The van der Waals surface area contributed by atoms with Crippen molar-refractivity contribution in [2.24, 2.45) is 5.41 Å². The lowest BCUT2D eigenvalue weighted by Crippen LogP contribution is -2.25. The van der Waals surface area contributed by atoms with Gasteiger partial charge in [0.2, 0.25) is 5.95 Å². The Morgan fingerprint density at radius 3 is 3.18 bits per heavy atom. The number of rotatable bonds is 4. The smallest absolute Gasteiger partial charge is 0.203 e. The molecule has 0 amide bonds. The predicted octanol–water partition coefficient (Wildman–Crippen LogP) is 3.62. The van der Waals surface area contributed by atoms with Crippen LogP contribution in [0.25, 0.3) is 0 Å². The summed E-state index contributed by atoms with van der Waals surface area (Å²) in [4.78, 5) is 4.38. The zero-order valence-electron chi connectivity index (χ0n) is 10.9. The highest BCUT2D eigenvalue weighted by molar-refractivity contribution is 5.27. The molecule has 1 unspecified atom stereocenters. The molecule has 0 bridgehead atoms. The van der Waals surface area contributed by atoms with Crippen molar-refractivity contribution in [1.29, 1.82) is 0 Å². The molecule has 94 valence electrons. The highest BCUT2D eigenvalue weighted by Gasteiger charge is 2.29. The van der Waals surface area contributed by atoms with Crippen LogP contribution in [-0.2, 0) is 0 Å². The summed E-state index contributed by atoms with van der Waals surface area (Å²) in [5, 5.41) is 3.30. The molecule has 1 aromatic heterocycles. The van der Waals surface area contributed by atoms with Crippen molar-refractivity contribution in [2.45, 2.75) is 45.6 Å². The Kier molecular flexibility index (Phi) is 3.55. The molecule has 2 rings (SSSR count). The number of imidazole rings is 1. The van der Waals surface area contributed by atoms with Gasteiger partial charge in [0.15, 0.2) is 0 Å². The maximum absolute atomic E-state index is 4.38. The Morgan fingerprint density at radius 1 is 1.65 bits per heavy atom. The summed E-state index contributed by atoms with van der Waals surface area (Å²) in [6.07, 6.45) is 11.0. The van der Waals surface area contributed by atoms with E-state index < -0.39 is 0 Å². The van der Waals surface area contributed by atoms with Crippen LogP contribution in [0, 0.1) is 5.41 Å². The summed E-state index contributed by atoms with van der Waals surface area (Å²) in [6, 6.07) is 0.591. The lowest BCUT2D eigenvalue weighted by atomic mass is 9.75. The van der Waals surface area contributed by atoms with Crippen LogP contribution in [0.15, 0.2) is 25.0 Å². The minimum atomic E-state index is 0.461. The molecule has 0 aromatic carbocycles. The minimum absolute atomic E-state index is 0.461. The summed E-state index contributed by atoms with van der Waals surface area (Å²) in [6.45, 7) is 9.23. The van der Waals surface area contributed by atoms with Crippen LogP contribution in [0.4, 0.5) is 5.95 Å². The third-order valence-corrected chi connectivity index (χ3v) is 3.65. The van der Waals surface area contributed by atoms with Crippen LogP contribution in [0.3, 0.4) is 0 Å². The predicted molar refractivity (Wildman–Crippen MR) is 72.2 cm³/mol. The Bertz CT molecular complexity index is 379. The Balaban J connectivity index is 2.10. The molecule has 1 heterocycles. The molecule has 1 aliphatic rings. The number of hydrogen-bond acceptors (Lipinski definition) is 2. The van der Waals surface area contributed by atoms with E-state index >= 15 is 0 Å². The van der Waals surface area contributed by atoms with E-state index in [0.29, 0.717) is 11.5 Å². The number of anilines is 1. The quantitative estimate of drug-likeness (QED) is 0.805. The van der Waals surface area contributed by atoms with Gasteiger partial charge < -0.3 is 9.88 Å². The first-order valence-corrected chi connectivity index (χ1v) is 6.50. The van der Waals surface area contributed by atoms with Crippen molar-refractivity contribution in [1.82, 2.24) is 9.55 Å². The normalized spacial score (nSPS) is 23.3. The minimum Gasteiger partial charge on any atom is -0.352 e. The summed E-state index contributed by atoms with van der Waals surface area (Å²) in [7, 11) is 0. The highest BCUT2D eigenvalue weighted by atomic mass is 15.2. The van der Waals surface area contributed by atoms with Gasteiger partial charge in [-0.25, -0.2) is 4.98 Å². The van der Waals surface area contributed by atoms with Crippen molar-refractivity contribution in [3.8, 4) is 0 Å². The second-order valence-corrected chi connectivity index (χ2v) is 5.74. The molecule has 1 aromatic rings. The maximum Gasteiger partial charge on any atom is 0.203 e. The van der Waals surface area contributed by atoms with E-state index in [1.54, 1.807) is 0 Å². The average molecular weight is 233 g/mol. The molecule has 0 radical (unpaired) electrons. The monoisotopic (exact) mass is 233 g/mol. The molecule has 3 nitrogen and oxygen atoms in total. The third-order valence-electron chi connectivity index (χ3n) is 3.65. The number of nitrogens with zero attached hydrogens (tertiary/aromatic N) is 2. The van der Waals surface area contributed by atoms with Crippen LogP contribution < -0.4 is 5.32 Å². The topological polar surface area (TPSA) is 29.9 Å². The summed E-state index contributed by atoms with van der Waals surface area (Å²) in [5.74, 6) is 0.979. The number of nitrogens with one attached hydrogen (secondary N) is 1. The van der Waals surface area contributed by atoms with E-state index in [2.05, 4.69) is 41.5 Å². The largest absolute Gasteiger partial charge is 0.352 e. The fourth-order valence-electron chi connectivity index (χ4n) is 2.80. The van der Waals surface area contributed by atoms with E-state index in [1.807, 2.05) is 12.3 Å². The molecular weight excluding hydrogens is 210 g/mol. The van der Waals surface area contributed by atoms with Crippen LogP contribution in [0.5, 0.6) is 0 Å². The molecular formula is C14H23N3. The second-order valence-electron chi connectivity index (χ2n) is 5.74. The van der Waals surface area contributed by atoms with Gasteiger partial charge in [0, 0.05) is 25.0 Å². The lowest BCUT2D eigenvalue weighted by molar-refractivity contribution is 0.184. The van der Waals surface area contributed by atoms with Gasteiger partial charge in [-0.15, -0.1) is 6.58 Å². The summed E-state index contributed by atoms with van der Waals surface area (Å²) >= 11 is 0. The Labute approximate surface area is 104 Å². The van der Waals surface area contributed by atoms with Gasteiger partial charge in [0.1, 0.15) is 0 Å². The first kappa shape index (κ1) is 12.2. The zero-order valence-corrected chi connectivity index (χ0v) is 10.9. The van der Waals surface area contributed by atoms with E-state index in [9.17, 15) is 0 Å². The van der Waals surface area contributed by atoms with Crippen LogP contribution in [0.1, 0.15) is 45.6 Å². The SMILES string of the molecule is C=CCNc1nccn1C1CCCC(C)(C)C1. The Morgan fingerprint density at radius 2 is 2.47 bits per heavy atom. The van der Waals surface area contributed by atoms with Gasteiger partial charge in [0.25, 0.3) is 0 Å². The molecule has 0 spiro atoms. The van der Waals surface area contributed by atoms with Gasteiger partial charge in [0.05, 0.1) is 0 Å². The standard InChI is InChI=1S/C14H23N3/c1-4-8-15-13-16-9-10-17(13)12-6-5-7-14(2,3)11-12/h4,9-10,12H,1,5-8,11H2,2-3H3,(H,15,16).